The maximum atomic E-state index is 13.7. The number of thiophene rings is 1. The van der Waals surface area contributed by atoms with Crippen LogP contribution in [-0.2, 0) is 5.60 Å². The summed E-state index contributed by atoms with van der Waals surface area (Å²) >= 11 is 7.06. The zero-order valence-electron chi connectivity index (χ0n) is 8.58. The molecule has 1 atom stereocenters. The molecule has 0 spiro atoms. The first-order valence-electron chi connectivity index (χ1n) is 4.73. The molecule has 2 rings (SSSR count). The van der Waals surface area contributed by atoms with Gasteiger partial charge in [0.05, 0.1) is 0 Å². The second-order valence-electron chi connectivity index (χ2n) is 3.67. The van der Waals surface area contributed by atoms with Crippen molar-refractivity contribution >= 4 is 22.9 Å². The van der Waals surface area contributed by atoms with Gasteiger partial charge in [0.1, 0.15) is 11.4 Å². The molecule has 0 fully saturated rings. The van der Waals surface area contributed by atoms with E-state index in [9.17, 15) is 9.50 Å². The minimum atomic E-state index is -1.32. The normalized spacial score (nSPS) is 14.8. The largest absolute Gasteiger partial charge is 0.380 e. The van der Waals surface area contributed by atoms with Gasteiger partial charge in [0.25, 0.3) is 0 Å². The summed E-state index contributed by atoms with van der Waals surface area (Å²) in [6.07, 6.45) is 0. The van der Waals surface area contributed by atoms with Gasteiger partial charge in [0.15, 0.2) is 0 Å². The van der Waals surface area contributed by atoms with Gasteiger partial charge in [-0.05, 0) is 30.5 Å². The monoisotopic (exact) mass is 256 g/mol. The molecule has 4 heteroatoms. The lowest BCUT2D eigenvalue weighted by atomic mass is 9.94. The van der Waals surface area contributed by atoms with Crippen molar-refractivity contribution in [3.8, 4) is 0 Å². The maximum absolute atomic E-state index is 13.7. The van der Waals surface area contributed by atoms with Crippen molar-refractivity contribution in [1.29, 1.82) is 0 Å². The summed E-state index contributed by atoms with van der Waals surface area (Å²) in [6.45, 7) is 1.57. The summed E-state index contributed by atoms with van der Waals surface area (Å²) < 4.78 is 13.7. The number of aliphatic hydroxyl groups is 1. The minimum absolute atomic E-state index is 0.236. The van der Waals surface area contributed by atoms with Crippen LogP contribution in [0, 0.1) is 5.82 Å². The van der Waals surface area contributed by atoms with E-state index in [1.165, 1.54) is 23.5 Å². The molecule has 0 amide bonds. The first-order chi connectivity index (χ1) is 7.51. The quantitative estimate of drug-likeness (QED) is 0.867. The summed E-state index contributed by atoms with van der Waals surface area (Å²) in [5.41, 5.74) is -1.08. The minimum Gasteiger partial charge on any atom is -0.380 e. The van der Waals surface area contributed by atoms with Gasteiger partial charge in [-0.2, -0.15) is 0 Å². The van der Waals surface area contributed by atoms with Gasteiger partial charge in [-0.15, -0.1) is 11.3 Å². The van der Waals surface area contributed by atoms with Crippen LogP contribution in [0.15, 0.2) is 35.7 Å². The van der Waals surface area contributed by atoms with Crippen molar-refractivity contribution in [1.82, 2.24) is 0 Å². The maximum Gasteiger partial charge on any atom is 0.131 e. The van der Waals surface area contributed by atoms with Gasteiger partial charge < -0.3 is 5.11 Å². The first-order valence-corrected chi connectivity index (χ1v) is 5.99. The topological polar surface area (TPSA) is 20.2 Å². The van der Waals surface area contributed by atoms with Crippen LogP contribution in [0.3, 0.4) is 0 Å². The Balaban J connectivity index is 2.51. The Labute approximate surface area is 102 Å². The van der Waals surface area contributed by atoms with Crippen LogP contribution in [0.1, 0.15) is 17.4 Å². The van der Waals surface area contributed by atoms with Gasteiger partial charge >= 0.3 is 0 Å². The fourth-order valence-corrected chi connectivity index (χ4v) is 2.53. The van der Waals surface area contributed by atoms with E-state index < -0.39 is 11.4 Å². The Hall–Kier alpha value is -0.900. The lowest BCUT2D eigenvalue weighted by Gasteiger charge is -2.23. The molecule has 1 aromatic carbocycles. The van der Waals surface area contributed by atoms with E-state index in [1.807, 2.05) is 11.4 Å². The number of rotatable bonds is 2. The summed E-state index contributed by atoms with van der Waals surface area (Å²) in [7, 11) is 0. The van der Waals surface area contributed by atoms with E-state index in [0.29, 0.717) is 9.90 Å². The second-order valence-corrected chi connectivity index (χ2v) is 5.06. The average molecular weight is 257 g/mol. The SMILES string of the molecule is CC(O)(c1cccs1)c1ccc(Cl)cc1F. The lowest BCUT2D eigenvalue weighted by Crippen LogP contribution is -2.22. The van der Waals surface area contributed by atoms with Crippen LogP contribution in [0.2, 0.25) is 5.02 Å². The Morgan fingerprint density at radius 2 is 2.12 bits per heavy atom. The number of hydrogen-bond acceptors (Lipinski definition) is 2. The average Bonchev–Trinajstić information content (AvgIpc) is 2.69. The standard InChI is InChI=1S/C12H10ClFOS/c1-12(15,11-3-2-6-16-11)9-5-4-8(13)7-10(9)14/h2-7,15H,1H3. The smallest absolute Gasteiger partial charge is 0.131 e. The van der Waals surface area contributed by atoms with E-state index in [4.69, 9.17) is 11.6 Å². The second kappa shape index (κ2) is 4.17. The van der Waals surface area contributed by atoms with Crippen molar-refractivity contribution < 1.29 is 9.50 Å². The zero-order chi connectivity index (χ0) is 11.8. The van der Waals surface area contributed by atoms with Gasteiger partial charge in [-0.1, -0.05) is 23.7 Å². The molecule has 0 saturated carbocycles. The Morgan fingerprint density at radius 3 is 2.69 bits per heavy atom. The van der Waals surface area contributed by atoms with Gasteiger partial charge in [-0.25, -0.2) is 4.39 Å². The number of benzene rings is 1. The molecule has 0 aliphatic heterocycles. The third kappa shape index (κ3) is 1.98. The molecule has 1 aromatic heterocycles. The summed E-state index contributed by atoms with van der Waals surface area (Å²) in [5, 5.41) is 12.5. The molecule has 0 aliphatic carbocycles. The molecule has 1 nitrogen and oxygen atoms in total. The van der Waals surface area contributed by atoms with E-state index in [1.54, 1.807) is 19.1 Å². The number of hydrogen-bond donors (Lipinski definition) is 1. The lowest BCUT2D eigenvalue weighted by molar-refractivity contribution is 0.102. The van der Waals surface area contributed by atoms with Crippen LogP contribution in [0.5, 0.6) is 0 Å². The van der Waals surface area contributed by atoms with E-state index in [0.717, 1.165) is 0 Å². The fraction of sp³-hybridized carbons (Fsp3) is 0.167. The molecular weight excluding hydrogens is 247 g/mol. The highest BCUT2D eigenvalue weighted by Crippen LogP contribution is 2.34. The molecule has 1 N–H and O–H groups in total. The predicted molar refractivity (Wildman–Crippen MR) is 64.4 cm³/mol. The highest BCUT2D eigenvalue weighted by atomic mass is 35.5. The molecule has 2 aromatic rings. The molecule has 0 saturated heterocycles. The predicted octanol–water partition coefficient (Wildman–Crippen LogP) is 3.80. The Morgan fingerprint density at radius 1 is 1.38 bits per heavy atom. The molecule has 16 heavy (non-hydrogen) atoms. The van der Waals surface area contributed by atoms with Crippen LogP contribution >= 0.6 is 22.9 Å². The highest BCUT2D eigenvalue weighted by Gasteiger charge is 2.29. The third-order valence-corrected chi connectivity index (χ3v) is 3.77. The molecule has 1 heterocycles. The van der Waals surface area contributed by atoms with E-state index in [-0.39, 0.29) is 5.56 Å². The molecule has 1 unspecified atom stereocenters. The summed E-state index contributed by atoms with van der Waals surface area (Å²) in [4.78, 5) is 0.703. The van der Waals surface area contributed by atoms with Gasteiger partial charge in [0, 0.05) is 15.5 Å². The van der Waals surface area contributed by atoms with Crippen LogP contribution in [-0.4, -0.2) is 5.11 Å². The third-order valence-electron chi connectivity index (χ3n) is 2.46. The first kappa shape index (κ1) is 11.6. The zero-order valence-corrected chi connectivity index (χ0v) is 10.1. The highest BCUT2D eigenvalue weighted by molar-refractivity contribution is 7.10. The van der Waals surface area contributed by atoms with Crippen LogP contribution in [0.4, 0.5) is 4.39 Å². The van der Waals surface area contributed by atoms with E-state index >= 15 is 0 Å². The molecular formula is C12H10ClFOS. The van der Waals surface area contributed by atoms with Crippen molar-refractivity contribution in [2.75, 3.05) is 0 Å². The van der Waals surface area contributed by atoms with Gasteiger partial charge in [-0.3, -0.25) is 0 Å². The Bertz CT molecular complexity index is 494. The summed E-state index contributed by atoms with van der Waals surface area (Å²) in [6, 6.07) is 7.89. The fourth-order valence-electron chi connectivity index (χ4n) is 1.57. The van der Waals surface area contributed by atoms with Crippen LogP contribution < -0.4 is 0 Å². The molecule has 0 radical (unpaired) electrons. The van der Waals surface area contributed by atoms with Crippen molar-refractivity contribution in [2.45, 2.75) is 12.5 Å². The summed E-state index contributed by atoms with van der Waals surface area (Å²) in [5.74, 6) is -0.495. The Kier molecular flexibility index (Phi) is 3.02. The van der Waals surface area contributed by atoms with Crippen molar-refractivity contribution in [2.24, 2.45) is 0 Å². The number of halogens is 2. The van der Waals surface area contributed by atoms with Crippen LogP contribution in [0.25, 0.3) is 0 Å². The molecule has 0 aliphatic rings. The van der Waals surface area contributed by atoms with Crippen molar-refractivity contribution in [3.05, 3.63) is 57.0 Å². The van der Waals surface area contributed by atoms with Crippen molar-refractivity contribution in [3.63, 3.8) is 0 Å². The van der Waals surface area contributed by atoms with E-state index in [2.05, 4.69) is 0 Å². The van der Waals surface area contributed by atoms with Gasteiger partial charge in [0.2, 0.25) is 0 Å². The molecule has 0 bridgehead atoms. The molecule has 84 valence electrons.